The number of carbonyl (C=O) groups is 1. The molecular formula is C11H10Cl3NO3S. The van der Waals surface area contributed by atoms with Gasteiger partial charge in [0, 0.05) is 23.8 Å². The number of hydrogen-bond acceptors (Lipinski definition) is 3. The highest BCUT2D eigenvalue weighted by Gasteiger charge is 2.31. The first-order chi connectivity index (χ1) is 8.71. The Labute approximate surface area is 125 Å². The van der Waals surface area contributed by atoms with Crippen molar-refractivity contribution in [1.29, 1.82) is 0 Å². The molecule has 1 aromatic carbocycles. The zero-order valence-electron chi connectivity index (χ0n) is 9.86. The SMILES string of the molecule is CN(C(=O)c1cc(S(=O)(=O)Cl)c(Cl)cc1Cl)C1CC1. The molecule has 4 nitrogen and oxygen atoms in total. The normalized spacial score (nSPS) is 15.4. The van der Waals surface area contributed by atoms with Gasteiger partial charge in [-0.15, -0.1) is 0 Å². The molecule has 19 heavy (non-hydrogen) atoms. The minimum absolute atomic E-state index is 0.0830. The second-order valence-electron chi connectivity index (χ2n) is 4.35. The largest absolute Gasteiger partial charge is 0.339 e. The summed E-state index contributed by atoms with van der Waals surface area (Å²) < 4.78 is 22.7. The van der Waals surface area contributed by atoms with Gasteiger partial charge in [0.2, 0.25) is 0 Å². The molecule has 0 bridgehead atoms. The summed E-state index contributed by atoms with van der Waals surface area (Å²) in [6.07, 6.45) is 1.88. The Morgan fingerprint density at radius 3 is 2.32 bits per heavy atom. The van der Waals surface area contributed by atoms with Crippen LogP contribution in [0.15, 0.2) is 17.0 Å². The summed E-state index contributed by atoms with van der Waals surface area (Å²) in [6.45, 7) is 0. The van der Waals surface area contributed by atoms with Gasteiger partial charge in [0.15, 0.2) is 0 Å². The molecule has 1 saturated carbocycles. The van der Waals surface area contributed by atoms with Gasteiger partial charge in [-0.05, 0) is 25.0 Å². The summed E-state index contributed by atoms with van der Waals surface area (Å²) in [5.74, 6) is -0.342. The molecule has 0 heterocycles. The summed E-state index contributed by atoms with van der Waals surface area (Å²) in [5.41, 5.74) is 0.0830. The number of rotatable bonds is 3. The van der Waals surface area contributed by atoms with E-state index in [1.807, 2.05) is 0 Å². The second kappa shape index (κ2) is 5.13. The maximum Gasteiger partial charge on any atom is 0.262 e. The van der Waals surface area contributed by atoms with Crippen molar-refractivity contribution < 1.29 is 13.2 Å². The fourth-order valence-electron chi connectivity index (χ4n) is 1.70. The predicted octanol–water partition coefficient (Wildman–Crippen LogP) is 3.16. The van der Waals surface area contributed by atoms with Gasteiger partial charge in [-0.25, -0.2) is 8.42 Å². The van der Waals surface area contributed by atoms with Crippen LogP contribution in [0.2, 0.25) is 10.0 Å². The van der Waals surface area contributed by atoms with E-state index in [1.165, 1.54) is 6.07 Å². The molecule has 1 aromatic rings. The standard InChI is InChI=1S/C11H10Cl3NO3S/c1-15(6-2-3-6)11(16)7-4-10(19(14,17)18)9(13)5-8(7)12/h4-6H,2-3H2,1H3. The van der Waals surface area contributed by atoms with Gasteiger partial charge >= 0.3 is 0 Å². The van der Waals surface area contributed by atoms with Crippen molar-refractivity contribution in [3.05, 3.63) is 27.7 Å². The molecule has 0 N–H and O–H groups in total. The lowest BCUT2D eigenvalue weighted by atomic mass is 10.2. The Balaban J connectivity index is 2.48. The van der Waals surface area contributed by atoms with E-state index < -0.39 is 9.05 Å². The van der Waals surface area contributed by atoms with Crippen molar-refractivity contribution >= 4 is 48.8 Å². The van der Waals surface area contributed by atoms with E-state index in [0.29, 0.717) is 0 Å². The Morgan fingerprint density at radius 2 is 1.84 bits per heavy atom. The van der Waals surface area contributed by atoms with Crippen LogP contribution in [0.5, 0.6) is 0 Å². The van der Waals surface area contributed by atoms with Crippen LogP contribution in [0.1, 0.15) is 23.2 Å². The van der Waals surface area contributed by atoms with Gasteiger partial charge in [0.1, 0.15) is 4.90 Å². The molecule has 0 radical (unpaired) electrons. The highest BCUT2D eigenvalue weighted by atomic mass is 35.7. The number of benzene rings is 1. The lowest BCUT2D eigenvalue weighted by molar-refractivity contribution is 0.0785. The van der Waals surface area contributed by atoms with E-state index in [0.717, 1.165) is 18.9 Å². The number of carbonyl (C=O) groups excluding carboxylic acids is 1. The molecule has 1 fully saturated rings. The third-order valence-corrected chi connectivity index (χ3v) is 5.03. The third kappa shape index (κ3) is 3.16. The van der Waals surface area contributed by atoms with Gasteiger partial charge in [0.05, 0.1) is 15.6 Å². The first kappa shape index (κ1) is 14.9. The zero-order valence-corrected chi connectivity index (χ0v) is 12.9. The average molecular weight is 343 g/mol. The third-order valence-electron chi connectivity index (χ3n) is 2.93. The van der Waals surface area contributed by atoms with E-state index in [2.05, 4.69) is 0 Å². The van der Waals surface area contributed by atoms with Gasteiger partial charge in [0.25, 0.3) is 15.0 Å². The molecule has 1 aliphatic rings. The summed E-state index contributed by atoms with van der Waals surface area (Å²) in [4.78, 5) is 13.4. The average Bonchev–Trinajstić information content (AvgIpc) is 3.09. The first-order valence-electron chi connectivity index (χ1n) is 5.42. The van der Waals surface area contributed by atoms with Crippen LogP contribution >= 0.6 is 33.9 Å². The van der Waals surface area contributed by atoms with Crippen LogP contribution in [0.25, 0.3) is 0 Å². The monoisotopic (exact) mass is 341 g/mol. The van der Waals surface area contributed by atoms with Crippen LogP contribution in [-0.4, -0.2) is 32.3 Å². The van der Waals surface area contributed by atoms with E-state index in [-0.39, 0.29) is 32.5 Å². The van der Waals surface area contributed by atoms with E-state index in [9.17, 15) is 13.2 Å². The first-order valence-corrected chi connectivity index (χ1v) is 8.49. The maximum atomic E-state index is 12.2. The predicted molar refractivity (Wildman–Crippen MR) is 74.6 cm³/mol. The van der Waals surface area contributed by atoms with Crippen molar-refractivity contribution in [3.8, 4) is 0 Å². The lowest BCUT2D eigenvalue weighted by Gasteiger charge is -2.17. The maximum absolute atomic E-state index is 12.2. The van der Waals surface area contributed by atoms with Crippen LogP contribution in [0.4, 0.5) is 0 Å². The molecule has 0 aliphatic heterocycles. The molecule has 0 aromatic heterocycles. The van der Waals surface area contributed by atoms with Gasteiger partial charge in [-0.3, -0.25) is 4.79 Å². The fourth-order valence-corrected chi connectivity index (χ4v) is 3.52. The molecule has 0 saturated heterocycles. The molecule has 2 rings (SSSR count). The quantitative estimate of drug-likeness (QED) is 0.793. The number of amides is 1. The Hall–Kier alpha value is -0.490. The highest BCUT2D eigenvalue weighted by Crippen LogP contribution is 2.33. The van der Waals surface area contributed by atoms with Crippen molar-refractivity contribution in [2.75, 3.05) is 7.05 Å². The molecule has 104 valence electrons. The molecule has 0 spiro atoms. The van der Waals surface area contributed by atoms with Gasteiger partial charge in [-0.1, -0.05) is 23.2 Å². The summed E-state index contributed by atoms with van der Waals surface area (Å²) in [6, 6.07) is 2.52. The second-order valence-corrected chi connectivity index (χ2v) is 7.70. The highest BCUT2D eigenvalue weighted by molar-refractivity contribution is 8.13. The molecule has 8 heteroatoms. The zero-order chi connectivity index (χ0) is 14.4. The summed E-state index contributed by atoms with van der Waals surface area (Å²) >= 11 is 11.7. The topological polar surface area (TPSA) is 54.5 Å². The van der Waals surface area contributed by atoms with Gasteiger partial charge in [-0.2, -0.15) is 0 Å². The number of hydrogen-bond donors (Lipinski definition) is 0. The minimum atomic E-state index is -4.03. The van der Waals surface area contributed by atoms with Crippen LogP contribution < -0.4 is 0 Å². The van der Waals surface area contributed by atoms with Crippen LogP contribution in [0, 0.1) is 0 Å². The van der Waals surface area contributed by atoms with E-state index >= 15 is 0 Å². The van der Waals surface area contributed by atoms with Crippen LogP contribution in [0.3, 0.4) is 0 Å². The summed E-state index contributed by atoms with van der Waals surface area (Å²) in [7, 11) is 2.89. The van der Waals surface area contributed by atoms with Crippen molar-refractivity contribution in [1.82, 2.24) is 4.90 Å². The van der Waals surface area contributed by atoms with E-state index in [4.69, 9.17) is 33.9 Å². The molecule has 0 unspecified atom stereocenters. The molecule has 1 aliphatic carbocycles. The molecule has 1 amide bonds. The van der Waals surface area contributed by atoms with Crippen molar-refractivity contribution in [2.24, 2.45) is 0 Å². The van der Waals surface area contributed by atoms with Crippen LogP contribution in [-0.2, 0) is 9.05 Å². The number of halogens is 3. The smallest absolute Gasteiger partial charge is 0.262 e. The van der Waals surface area contributed by atoms with E-state index in [1.54, 1.807) is 11.9 Å². The Kier molecular flexibility index (Phi) is 4.02. The fraction of sp³-hybridized carbons (Fsp3) is 0.364. The van der Waals surface area contributed by atoms with Crippen molar-refractivity contribution in [3.63, 3.8) is 0 Å². The minimum Gasteiger partial charge on any atom is -0.339 e. The van der Waals surface area contributed by atoms with Gasteiger partial charge < -0.3 is 4.90 Å². The Morgan fingerprint density at radius 1 is 1.26 bits per heavy atom. The summed E-state index contributed by atoms with van der Waals surface area (Å²) in [5, 5.41) is -0.00260. The Bertz CT molecular complexity index is 641. The number of nitrogens with zero attached hydrogens (tertiary/aromatic N) is 1. The molecule has 0 atom stereocenters. The van der Waals surface area contributed by atoms with Crippen molar-refractivity contribution in [2.45, 2.75) is 23.8 Å². The molecular weight excluding hydrogens is 333 g/mol. The lowest BCUT2D eigenvalue weighted by Crippen LogP contribution is -2.29.